The number of benzene rings is 4. The summed E-state index contributed by atoms with van der Waals surface area (Å²) in [6, 6.07) is 22.9. The number of fused-ring (bicyclic) bond motifs is 2. The number of imidazole rings is 1. The Morgan fingerprint density at radius 1 is 0.667 bits per heavy atom. The van der Waals surface area contributed by atoms with Gasteiger partial charge in [0.1, 0.15) is 54.3 Å². The van der Waals surface area contributed by atoms with Crippen LogP contribution < -0.4 is 31.2 Å². The molecular formula is C51H47ClF4N8O8. The molecule has 0 radical (unpaired) electrons. The topological polar surface area (TPSA) is 211 Å². The molecule has 0 spiro atoms. The van der Waals surface area contributed by atoms with Crippen molar-refractivity contribution in [2.75, 3.05) is 23.8 Å². The SMILES string of the molecule is Cc1cc(NC(=O)c2ccc(F)c3c2OCC[C@@H]3N)ccc1F.Cc1cc(NC(=O)c2ccc(F)c3c2OCC[C@@H]3NC(=O)OCc2ccccn2)ccc1F.Cl.O=C(OCc1ccccn1)n1ccnc1. The monoisotopic (exact) mass is 1010 g/mol. The normalized spacial score (nSPS) is 14.0. The lowest BCUT2D eigenvalue weighted by atomic mass is 9.96. The molecule has 0 fully saturated rings. The summed E-state index contributed by atoms with van der Waals surface area (Å²) in [5.41, 5.74) is 9.42. The summed E-state index contributed by atoms with van der Waals surface area (Å²) in [5, 5.41) is 7.96. The van der Waals surface area contributed by atoms with Gasteiger partial charge in [0.2, 0.25) is 0 Å². The number of anilines is 2. The Labute approximate surface area is 416 Å². The number of aryl methyl sites for hydroxylation is 2. The van der Waals surface area contributed by atoms with Gasteiger partial charge in [-0.2, -0.15) is 0 Å². The molecule has 7 aromatic rings. The molecule has 9 rings (SSSR count). The van der Waals surface area contributed by atoms with Gasteiger partial charge >= 0.3 is 12.2 Å². The molecule has 0 unspecified atom stereocenters. The lowest BCUT2D eigenvalue weighted by Crippen LogP contribution is -2.34. The van der Waals surface area contributed by atoms with Gasteiger partial charge < -0.3 is 40.6 Å². The van der Waals surface area contributed by atoms with Gasteiger partial charge in [-0.25, -0.2) is 36.7 Å². The molecular weight excluding hydrogens is 964 g/mol. The fraction of sp³-hybridized carbons (Fsp3) is 0.196. The number of rotatable bonds is 9. The third-order valence-corrected chi connectivity index (χ3v) is 10.8. The van der Waals surface area contributed by atoms with Crippen molar-refractivity contribution in [3.8, 4) is 11.5 Å². The van der Waals surface area contributed by atoms with Crippen molar-refractivity contribution >= 4 is 47.8 Å². The average molecular weight is 1010 g/mol. The number of aromatic nitrogens is 4. The summed E-state index contributed by atoms with van der Waals surface area (Å²) in [4.78, 5) is 60.8. The lowest BCUT2D eigenvalue weighted by Gasteiger charge is -2.28. The Morgan fingerprint density at radius 3 is 1.69 bits per heavy atom. The van der Waals surface area contributed by atoms with Crippen LogP contribution in [0.4, 0.5) is 38.5 Å². The third-order valence-electron chi connectivity index (χ3n) is 10.8. The van der Waals surface area contributed by atoms with E-state index < -0.39 is 47.7 Å². The van der Waals surface area contributed by atoms with Crippen LogP contribution in [0.1, 0.15) is 79.3 Å². The predicted molar refractivity (Wildman–Crippen MR) is 258 cm³/mol. The summed E-state index contributed by atoms with van der Waals surface area (Å²) in [6.45, 7) is 3.80. The first-order valence-electron chi connectivity index (χ1n) is 21.9. The molecule has 16 nitrogen and oxygen atoms in total. The molecule has 3 amide bonds. The van der Waals surface area contributed by atoms with Crippen LogP contribution in [-0.4, -0.2) is 56.7 Å². The number of nitrogens with one attached hydrogen (secondary N) is 3. The van der Waals surface area contributed by atoms with Crippen LogP contribution in [0, 0.1) is 37.1 Å². The first-order chi connectivity index (χ1) is 34.2. The molecule has 0 bridgehead atoms. The van der Waals surface area contributed by atoms with Crippen LogP contribution in [0.15, 0.2) is 128 Å². The first kappa shape index (κ1) is 53.0. The number of carbonyl (C=O) groups is 4. The van der Waals surface area contributed by atoms with Crippen LogP contribution in [0.5, 0.6) is 11.5 Å². The van der Waals surface area contributed by atoms with Crippen molar-refractivity contribution in [1.29, 1.82) is 0 Å². The van der Waals surface area contributed by atoms with Crippen LogP contribution in [-0.2, 0) is 22.7 Å². The zero-order valence-corrected chi connectivity index (χ0v) is 39.4. The highest BCUT2D eigenvalue weighted by atomic mass is 35.5. The molecule has 374 valence electrons. The number of alkyl carbamates (subject to hydrolysis) is 1. The second-order valence-corrected chi connectivity index (χ2v) is 15.8. The van der Waals surface area contributed by atoms with Crippen LogP contribution in [0.3, 0.4) is 0 Å². The number of amides is 3. The van der Waals surface area contributed by atoms with Crippen molar-refractivity contribution < 1.29 is 55.7 Å². The number of carbonyl (C=O) groups excluding carboxylic acids is 4. The fourth-order valence-corrected chi connectivity index (χ4v) is 7.20. The number of hydrogen-bond donors (Lipinski definition) is 4. The molecule has 2 aliphatic heterocycles. The highest BCUT2D eigenvalue weighted by Gasteiger charge is 2.31. The van der Waals surface area contributed by atoms with Gasteiger partial charge in [-0.05, 0) is 110 Å². The third kappa shape index (κ3) is 13.7. The molecule has 0 saturated heterocycles. The van der Waals surface area contributed by atoms with E-state index in [4.69, 9.17) is 24.7 Å². The Hall–Kier alpha value is -8.36. The number of hydrogen-bond acceptors (Lipinski definition) is 12. The van der Waals surface area contributed by atoms with E-state index in [9.17, 15) is 36.7 Å². The quantitative estimate of drug-likeness (QED) is 0.0996. The van der Waals surface area contributed by atoms with Crippen LogP contribution >= 0.6 is 12.4 Å². The fourth-order valence-electron chi connectivity index (χ4n) is 7.20. The van der Waals surface area contributed by atoms with Gasteiger partial charge in [0.15, 0.2) is 0 Å². The molecule has 21 heteroatoms. The summed E-state index contributed by atoms with van der Waals surface area (Å²) in [7, 11) is 0. The zero-order chi connectivity index (χ0) is 50.4. The van der Waals surface area contributed by atoms with Gasteiger partial charge in [-0.15, -0.1) is 12.4 Å². The minimum atomic E-state index is -0.745. The van der Waals surface area contributed by atoms with Crippen LogP contribution in [0.25, 0.3) is 0 Å². The number of halogens is 5. The van der Waals surface area contributed by atoms with E-state index in [2.05, 4.69) is 30.9 Å². The van der Waals surface area contributed by atoms with E-state index >= 15 is 0 Å². The second-order valence-electron chi connectivity index (χ2n) is 15.8. The van der Waals surface area contributed by atoms with Crippen molar-refractivity contribution in [3.05, 3.63) is 196 Å². The number of ether oxygens (including phenoxy) is 4. The summed E-state index contributed by atoms with van der Waals surface area (Å²) in [6.07, 6.45) is 7.26. The minimum Gasteiger partial charge on any atom is -0.492 e. The van der Waals surface area contributed by atoms with E-state index in [1.807, 2.05) is 6.07 Å². The maximum atomic E-state index is 14.7. The lowest BCUT2D eigenvalue weighted by molar-refractivity contribution is 0.101. The van der Waals surface area contributed by atoms with E-state index in [0.717, 1.165) is 6.07 Å². The summed E-state index contributed by atoms with van der Waals surface area (Å²) in [5.74, 6) is -2.62. The highest BCUT2D eigenvalue weighted by Crippen LogP contribution is 2.38. The van der Waals surface area contributed by atoms with E-state index in [-0.39, 0.29) is 77.6 Å². The number of pyridine rings is 2. The van der Waals surface area contributed by atoms with Gasteiger partial charge in [-0.1, -0.05) is 12.1 Å². The second kappa shape index (κ2) is 25.0. The highest BCUT2D eigenvalue weighted by molar-refractivity contribution is 6.07. The Bertz CT molecular complexity index is 3010. The molecule has 0 saturated carbocycles. The molecule has 2 atom stereocenters. The molecule has 5 heterocycles. The van der Waals surface area contributed by atoms with E-state index in [1.165, 1.54) is 77.9 Å². The molecule has 2 aliphatic rings. The van der Waals surface area contributed by atoms with E-state index in [1.54, 1.807) is 56.6 Å². The molecule has 3 aromatic heterocycles. The number of nitrogens with two attached hydrogens (primary N) is 1. The van der Waals surface area contributed by atoms with Crippen molar-refractivity contribution in [2.24, 2.45) is 5.73 Å². The van der Waals surface area contributed by atoms with Crippen molar-refractivity contribution in [2.45, 2.75) is 52.0 Å². The van der Waals surface area contributed by atoms with Crippen LogP contribution in [0.2, 0.25) is 0 Å². The first-order valence-corrected chi connectivity index (χ1v) is 21.9. The summed E-state index contributed by atoms with van der Waals surface area (Å²) < 4.78 is 78.0. The Kier molecular flexibility index (Phi) is 18.4. The van der Waals surface area contributed by atoms with Crippen molar-refractivity contribution in [3.63, 3.8) is 0 Å². The van der Waals surface area contributed by atoms with Crippen molar-refractivity contribution in [1.82, 2.24) is 24.8 Å². The standard InChI is InChI=1S/C24H21F2N3O4.C17H16F2N2O2.C10H9N3O2.ClH/c1-14-12-15(5-7-18(14)25)28-23(30)17-6-8-19(26)21-20(9-11-32-22(17)21)29-24(31)33-13-16-4-2-3-10-27-16;1-9-8-10(2-4-12(9)18)21-17(22)11-3-5-13(19)15-14(20)6-7-23-16(11)15;14-10(13-6-5-11-8-13)15-7-9-3-1-2-4-12-9;/h2-8,10,12,20H,9,11,13H2,1H3,(H,28,30)(H,29,31);2-5,8,14H,6-7,20H2,1H3,(H,21,22);1-6,8H,7H2;1H/t20-;14-;;/m00../s1. The van der Waals surface area contributed by atoms with E-state index in [0.29, 0.717) is 53.3 Å². The van der Waals surface area contributed by atoms with Gasteiger partial charge in [0.25, 0.3) is 11.8 Å². The zero-order valence-electron chi connectivity index (χ0n) is 38.6. The largest absolute Gasteiger partial charge is 0.492 e. The average Bonchev–Trinajstić information content (AvgIpc) is 3.92. The van der Waals surface area contributed by atoms with Gasteiger partial charge in [0, 0.05) is 60.6 Å². The molecule has 4 aromatic carbocycles. The van der Waals surface area contributed by atoms with Gasteiger partial charge in [-0.3, -0.25) is 19.6 Å². The summed E-state index contributed by atoms with van der Waals surface area (Å²) >= 11 is 0. The molecule has 5 N–H and O–H groups in total. The molecule has 72 heavy (non-hydrogen) atoms. The minimum absolute atomic E-state index is 0. The Balaban J connectivity index is 0.000000189. The molecule has 0 aliphatic carbocycles. The maximum absolute atomic E-state index is 14.7. The predicted octanol–water partition coefficient (Wildman–Crippen LogP) is 9.86. The van der Waals surface area contributed by atoms with Gasteiger partial charge in [0.05, 0.1) is 47.3 Å². The maximum Gasteiger partial charge on any atom is 0.419 e. The Morgan fingerprint density at radius 2 is 1.18 bits per heavy atom. The number of nitrogens with zero attached hydrogens (tertiary/aromatic N) is 4. The smallest absolute Gasteiger partial charge is 0.419 e.